The molecule has 0 unspecified atom stereocenters. The van der Waals surface area contributed by atoms with E-state index in [0.29, 0.717) is 10.6 Å². The van der Waals surface area contributed by atoms with Crippen molar-refractivity contribution in [3.05, 3.63) is 34.0 Å². The van der Waals surface area contributed by atoms with Crippen LogP contribution < -0.4 is 0 Å². The molecule has 0 saturated carbocycles. The van der Waals surface area contributed by atoms with Gasteiger partial charge in [0.25, 0.3) is 0 Å². The van der Waals surface area contributed by atoms with Gasteiger partial charge in [0.1, 0.15) is 11.8 Å². The Labute approximate surface area is 99.6 Å². The average molecular weight is 259 g/mol. The van der Waals surface area contributed by atoms with Crippen LogP contribution in [0.5, 0.6) is 0 Å². The number of nitriles is 1. The van der Waals surface area contributed by atoms with Crippen LogP contribution in [0.15, 0.2) is 12.1 Å². The number of nitrogens with one attached hydrogen (secondary N) is 1. The van der Waals surface area contributed by atoms with Gasteiger partial charge < -0.3 is 4.98 Å². The number of alkyl halides is 3. The Morgan fingerprint density at radius 1 is 1.35 bits per heavy atom. The lowest BCUT2D eigenvalue weighted by Crippen LogP contribution is -2.07. The molecule has 0 amide bonds. The van der Waals surface area contributed by atoms with Gasteiger partial charge in [-0.3, -0.25) is 0 Å². The largest absolute Gasteiger partial charge is 0.432 e. The molecule has 0 spiro atoms. The van der Waals surface area contributed by atoms with Crippen molar-refractivity contribution >= 4 is 22.5 Å². The van der Waals surface area contributed by atoms with E-state index in [1.165, 1.54) is 12.1 Å². The smallest absolute Gasteiger partial charge is 0.350 e. The number of fused-ring (bicyclic) bond motifs is 1. The molecule has 1 aromatic heterocycles. The summed E-state index contributed by atoms with van der Waals surface area (Å²) in [6, 6.07) is 4.43. The average Bonchev–Trinajstić information content (AvgIpc) is 2.56. The second-order valence-electron chi connectivity index (χ2n) is 3.63. The summed E-state index contributed by atoms with van der Waals surface area (Å²) >= 11 is 5.84. The Morgan fingerprint density at radius 3 is 2.53 bits per heavy atom. The van der Waals surface area contributed by atoms with Gasteiger partial charge in [-0.15, -0.1) is 0 Å². The number of H-pyrrole nitrogens is 1. The Bertz CT molecular complexity index is 635. The summed E-state index contributed by atoms with van der Waals surface area (Å²) in [5.74, 6) is 0. The fraction of sp³-hybridized carbons (Fsp3) is 0.182. The Hall–Kier alpha value is -1.67. The first-order valence-corrected chi connectivity index (χ1v) is 5.01. The summed E-state index contributed by atoms with van der Waals surface area (Å²) < 4.78 is 38.0. The van der Waals surface area contributed by atoms with Gasteiger partial charge >= 0.3 is 6.18 Å². The number of halogens is 4. The zero-order valence-corrected chi connectivity index (χ0v) is 9.37. The molecular weight excluding hydrogens is 253 g/mol. The fourth-order valence-corrected chi connectivity index (χ4v) is 1.82. The molecule has 0 saturated heterocycles. The minimum atomic E-state index is -4.58. The minimum Gasteiger partial charge on any atom is -0.350 e. The predicted molar refractivity (Wildman–Crippen MR) is 57.8 cm³/mol. The van der Waals surface area contributed by atoms with Crippen LogP contribution in [0.2, 0.25) is 5.02 Å². The molecule has 0 aliphatic rings. The Morgan fingerprint density at radius 2 is 2.00 bits per heavy atom. The number of nitrogens with zero attached hydrogens (tertiary/aromatic N) is 1. The van der Waals surface area contributed by atoms with Gasteiger partial charge in [-0.2, -0.15) is 18.4 Å². The molecule has 2 rings (SSSR count). The molecule has 17 heavy (non-hydrogen) atoms. The van der Waals surface area contributed by atoms with E-state index in [1.807, 2.05) is 0 Å². The van der Waals surface area contributed by atoms with Gasteiger partial charge in [-0.05, 0) is 24.6 Å². The number of aromatic nitrogens is 1. The molecule has 1 N–H and O–H groups in total. The molecule has 0 aliphatic heterocycles. The van der Waals surface area contributed by atoms with Crippen LogP contribution >= 0.6 is 11.6 Å². The standard InChI is InChI=1S/C11H6ClF3N2/c1-5-2-9-6(3-8(5)12)7(4-16)10(17-9)11(13,14)15/h2-3,17H,1H3. The summed E-state index contributed by atoms with van der Waals surface area (Å²) in [5, 5.41) is 9.34. The fourth-order valence-electron chi connectivity index (χ4n) is 1.65. The van der Waals surface area contributed by atoms with Crippen LogP contribution in [0.3, 0.4) is 0 Å². The highest BCUT2D eigenvalue weighted by molar-refractivity contribution is 6.32. The van der Waals surface area contributed by atoms with E-state index >= 15 is 0 Å². The molecular formula is C11H6ClF3N2. The van der Waals surface area contributed by atoms with Crippen molar-refractivity contribution in [2.24, 2.45) is 0 Å². The van der Waals surface area contributed by atoms with Crippen molar-refractivity contribution in [1.82, 2.24) is 4.98 Å². The summed E-state index contributed by atoms with van der Waals surface area (Å²) in [6.07, 6.45) is -4.58. The molecule has 1 aromatic carbocycles. The van der Waals surface area contributed by atoms with Crippen molar-refractivity contribution in [3.8, 4) is 6.07 Å². The lowest BCUT2D eigenvalue weighted by molar-refractivity contribution is -0.140. The number of rotatable bonds is 0. The van der Waals surface area contributed by atoms with Crippen LogP contribution in [0.1, 0.15) is 16.8 Å². The summed E-state index contributed by atoms with van der Waals surface area (Å²) in [7, 11) is 0. The highest BCUT2D eigenvalue weighted by Gasteiger charge is 2.36. The number of aryl methyl sites for hydroxylation is 1. The normalized spacial score (nSPS) is 11.8. The van der Waals surface area contributed by atoms with E-state index in [-0.39, 0.29) is 10.9 Å². The first-order chi connectivity index (χ1) is 7.84. The zero-order chi connectivity index (χ0) is 12.8. The highest BCUT2D eigenvalue weighted by atomic mass is 35.5. The van der Waals surface area contributed by atoms with Gasteiger partial charge in [0.2, 0.25) is 0 Å². The van der Waals surface area contributed by atoms with Crippen molar-refractivity contribution in [2.45, 2.75) is 13.1 Å². The molecule has 1 heterocycles. The number of benzene rings is 1. The highest BCUT2D eigenvalue weighted by Crippen LogP contribution is 2.36. The lowest BCUT2D eigenvalue weighted by Gasteiger charge is -2.02. The molecule has 0 atom stereocenters. The van der Waals surface area contributed by atoms with Crippen LogP contribution in [0, 0.1) is 18.3 Å². The van der Waals surface area contributed by atoms with Gasteiger partial charge in [-0.1, -0.05) is 11.6 Å². The number of aromatic amines is 1. The predicted octanol–water partition coefficient (Wildman–Crippen LogP) is 4.02. The Kier molecular flexibility index (Phi) is 2.55. The van der Waals surface area contributed by atoms with E-state index in [0.717, 1.165) is 0 Å². The third-order valence-corrected chi connectivity index (χ3v) is 2.88. The third kappa shape index (κ3) is 1.85. The van der Waals surface area contributed by atoms with E-state index in [9.17, 15) is 13.2 Å². The number of hydrogen-bond acceptors (Lipinski definition) is 1. The molecule has 6 heteroatoms. The van der Waals surface area contributed by atoms with Crippen LogP contribution in [0.25, 0.3) is 10.9 Å². The second-order valence-corrected chi connectivity index (χ2v) is 4.04. The van der Waals surface area contributed by atoms with Crippen LogP contribution in [-0.2, 0) is 6.18 Å². The van der Waals surface area contributed by atoms with Crippen LogP contribution in [-0.4, -0.2) is 4.98 Å². The summed E-state index contributed by atoms with van der Waals surface area (Å²) in [6.45, 7) is 1.68. The second kappa shape index (κ2) is 3.67. The monoisotopic (exact) mass is 258 g/mol. The van der Waals surface area contributed by atoms with Crippen molar-refractivity contribution in [3.63, 3.8) is 0 Å². The first-order valence-electron chi connectivity index (χ1n) is 4.63. The topological polar surface area (TPSA) is 39.6 Å². The van der Waals surface area contributed by atoms with Gasteiger partial charge in [0.15, 0.2) is 0 Å². The quantitative estimate of drug-likeness (QED) is 0.762. The van der Waals surface area contributed by atoms with Gasteiger partial charge in [0.05, 0.1) is 5.56 Å². The molecule has 2 aromatic rings. The van der Waals surface area contributed by atoms with Gasteiger partial charge in [0, 0.05) is 15.9 Å². The molecule has 0 bridgehead atoms. The summed E-state index contributed by atoms with van der Waals surface area (Å²) in [4.78, 5) is 2.22. The van der Waals surface area contributed by atoms with Crippen molar-refractivity contribution in [1.29, 1.82) is 5.26 Å². The van der Waals surface area contributed by atoms with E-state index in [4.69, 9.17) is 16.9 Å². The maximum absolute atomic E-state index is 12.7. The molecule has 2 nitrogen and oxygen atoms in total. The first kappa shape index (κ1) is 11.8. The molecule has 0 aliphatic carbocycles. The van der Waals surface area contributed by atoms with E-state index < -0.39 is 17.4 Å². The SMILES string of the molecule is Cc1cc2[nH]c(C(F)(F)F)c(C#N)c2cc1Cl. The third-order valence-electron chi connectivity index (χ3n) is 2.47. The van der Waals surface area contributed by atoms with Gasteiger partial charge in [-0.25, -0.2) is 0 Å². The summed E-state index contributed by atoms with van der Waals surface area (Å²) in [5.41, 5.74) is -0.541. The van der Waals surface area contributed by atoms with Crippen LogP contribution in [0.4, 0.5) is 13.2 Å². The minimum absolute atomic E-state index is 0.190. The van der Waals surface area contributed by atoms with Crippen molar-refractivity contribution < 1.29 is 13.2 Å². The van der Waals surface area contributed by atoms with E-state index in [2.05, 4.69) is 4.98 Å². The molecule has 0 radical (unpaired) electrons. The molecule has 0 fully saturated rings. The molecule has 88 valence electrons. The zero-order valence-electron chi connectivity index (χ0n) is 8.61. The lowest BCUT2D eigenvalue weighted by atomic mass is 10.1. The Balaban J connectivity index is 2.87. The number of hydrogen-bond donors (Lipinski definition) is 1. The maximum atomic E-state index is 12.7. The maximum Gasteiger partial charge on any atom is 0.432 e. The van der Waals surface area contributed by atoms with Crippen molar-refractivity contribution in [2.75, 3.05) is 0 Å². The van der Waals surface area contributed by atoms with E-state index in [1.54, 1.807) is 13.0 Å².